The zero-order valence-corrected chi connectivity index (χ0v) is 18.3. The molecule has 1 fully saturated rings. The molecule has 0 bridgehead atoms. The molecule has 0 radical (unpaired) electrons. The van der Waals surface area contributed by atoms with E-state index in [1.165, 1.54) is 0 Å². The molecule has 1 saturated heterocycles. The molecule has 2 atom stereocenters. The molecule has 0 aliphatic carbocycles. The fourth-order valence-corrected chi connectivity index (χ4v) is 3.68. The van der Waals surface area contributed by atoms with Crippen LogP contribution in [0.25, 0.3) is 11.4 Å². The second-order valence-corrected chi connectivity index (χ2v) is 7.82. The smallest absolute Gasteiger partial charge is 0.224 e. The van der Waals surface area contributed by atoms with Crippen LogP contribution in [0, 0.1) is 18.3 Å². The Morgan fingerprint density at radius 2 is 1.88 bits per heavy atom. The van der Waals surface area contributed by atoms with E-state index < -0.39 is 0 Å². The Kier molecular flexibility index (Phi) is 6.25. The molecule has 32 heavy (non-hydrogen) atoms. The summed E-state index contributed by atoms with van der Waals surface area (Å²) in [5.74, 6) is 2.66. The van der Waals surface area contributed by atoms with Crippen molar-refractivity contribution in [2.45, 2.75) is 39.5 Å². The van der Waals surface area contributed by atoms with Crippen LogP contribution in [0.4, 0.5) is 5.82 Å². The molecule has 4 rings (SSSR count). The Morgan fingerprint density at radius 1 is 1.16 bits per heavy atom. The van der Waals surface area contributed by atoms with Gasteiger partial charge in [0.05, 0.1) is 29.4 Å². The molecule has 9 nitrogen and oxygen atoms in total. The molecule has 1 aliphatic rings. The summed E-state index contributed by atoms with van der Waals surface area (Å²) in [7, 11) is 0. The average Bonchev–Trinajstić information content (AvgIpc) is 2.78. The largest absolute Gasteiger partial charge is 0.438 e. The summed E-state index contributed by atoms with van der Waals surface area (Å²) in [6.45, 7) is 7.74. The highest BCUT2D eigenvalue weighted by Crippen LogP contribution is 2.33. The monoisotopic (exact) mass is 431 g/mol. The molecule has 0 unspecified atom stereocenters. The molecular formula is C23H25N7O2. The molecule has 3 aromatic rings. The SMILES string of the molecule is Cc1nc(Oc2cc(C#N)ccc2-c2ncc(CN)cn2)cc(N2C[C@@H](C)O[C@@H](C)C2)n1. The van der Waals surface area contributed by atoms with Gasteiger partial charge in [-0.25, -0.2) is 15.0 Å². The molecule has 3 heterocycles. The predicted octanol–water partition coefficient (Wildman–Crippen LogP) is 2.98. The van der Waals surface area contributed by atoms with Crippen LogP contribution in [-0.2, 0) is 11.3 Å². The van der Waals surface area contributed by atoms with Crippen LogP contribution in [0.1, 0.15) is 30.8 Å². The molecule has 0 amide bonds. The second kappa shape index (κ2) is 9.26. The minimum Gasteiger partial charge on any atom is -0.438 e. The topological polar surface area (TPSA) is 123 Å². The minimum atomic E-state index is 0.103. The fraction of sp³-hybridized carbons (Fsp3) is 0.348. The standard InChI is InChI=1S/C23H25N7O2/c1-14-12-30(13-15(2)31-14)21-7-22(29-16(3)28-21)32-20-6-17(8-24)4-5-19(20)23-26-10-18(9-25)11-27-23/h4-7,10-11,14-15H,9,12-13,25H2,1-3H3/t14-,15+. The van der Waals surface area contributed by atoms with E-state index in [-0.39, 0.29) is 12.2 Å². The normalized spacial score (nSPS) is 18.3. The lowest BCUT2D eigenvalue weighted by Gasteiger charge is -2.36. The molecule has 1 aliphatic heterocycles. The van der Waals surface area contributed by atoms with Crippen LogP contribution in [0.15, 0.2) is 36.7 Å². The maximum absolute atomic E-state index is 9.37. The third kappa shape index (κ3) is 4.82. The summed E-state index contributed by atoms with van der Waals surface area (Å²) in [6, 6.07) is 9.08. The van der Waals surface area contributed by atoms with Crippen molar-refractivity contribution in [1.82, 2.24) is 19.9 Å². The van der Waals surface area contributed by atoms with Crippen molar-refractivity contribution in [3.8, 4) is 29.1 Å². The second-order valence-electron chi connectivity index (χ2n) is 7.82. The van der Waals surface area contributed by atoms with Gasteiger partial charge in [-0.15, -0.1) is 0 Å². The van der Waals surface area contributed by atoms with Gasteiger partial charge in [0.25, 0.3) is 0 Å². The number of hydrogen-bond acceptors (Lipinski definition) is 9. The van der Waals surface area contributed by atoms with E-state index in [2.05, 4.69) is 30.9 Å². The van der Waals surface area contributed by atoms with Crippen molar-refractivity contribution in [1.29, 1.82) is 5.26 Å². The van der Waals surface area contributed by atoms with E-state index in [0.717, 1.165) is 24.5 Å². The third-order valence-electron chi connectivity index (χ3n) is 5.05. The van der Waals surface area contributed by atoms with Gasteiger partial charge in [-0.3, -0.25) is 0 Å². The van der Waals surface area contributed by atoms with Gasteiger partial charge >= 0.3 is 0 Å². The van der Waals surface area contributed by atoms with Crippen LogP contribution in [0.5, 0.6) is 11.6 Å². The summed E-state index contributed by atoms with van der Waals surface area (Å²) in [6.07, 6.45) is 3.56. The quantitative estimate of drug-likeness (QED) is 0.649. The Morgan fingerprint density at radius 3 is 2.53 bits per heavy atom. The highest BCUT2D eigenvalue weighted by Gasteiger charge is 2.24. The van der Waals surface area contributed by atoms with E-state index in [9.17, 15) is 5.26 Å². The van der Waals surface area contributed by atoms with Crippen molar-refractivity contribution in [3.63, 3.8) is 0 Å². The number of nitrogens with zero attached hydrogens (tertiary/aromatic N) is 6. The average molecular weight is 432 g/mol. The number of rotatable bonds is 5. The van der Waals surface area contributed by atoms with Crippen molar-refractivity contribution < 1.29 is 9.47 Å². The first-order valence-electron chi connectivity index (χ1n) is 10.4. The van der Waals surface area contributed by atoms with E-state index in [0.29, 0.717) is 40.9 Å². The van der Waals surface area contributed by atoms with Crippen molar-refractivity contribution in [2.24, 2.45) is 5.73 Å². The highest BCUT2D eigenvalue weighted by molar-refractivity contribution is 5.66. The summed E-state index contributed by atoms with van der Waals surface area (Å²) in [5, 5.41) is 9.37. The number of benzene rings is 1. The Bertz CT molecular complexity index is 1130. The van der Waals surface area contributed by atoms with Crippen LogP contribution >= 0.6 is 0 Å². The molecule has 2 aromatic heterocycles. The van der Waals surface area contributed by atoms with Gasteiger partial charge in [-0.1, -0.05) is 0 Å². The summed E-state index contributed by atoms with van der Waals surface area (Å²) >= 11 is 0. The van der Waals surface area contributed by atoms with Gasteiger partial charge in [-0.05, 0) is 39.0 Å². The first-order chi connectivity index (χ1) is 15.4. The first-order valence-corrected chi connectivity index (χ1v) is 10.4. The molecular weight excluding hydrogens is 406 g/mol. The van der Waals surface area contributed by atoms with Gasteiger partial charge in [0.1, 0.15) is 17.4 Å². The highest BCUT2D eigenvalue weighted by atomic mass is 16.5. The molecule has 164 valence electrons. The molecule has 0 spiro atoms. The van der Waals surface area contributed by atoms with Crippen LogP contribution in [0.3, 0.4) is 0 Å². The van der Waals surface area contributed by atoms with Gasteiger partial charge in [-0.2, -0.15) is 10.2 Å². The Labute approximate surface area is 186 Å². The van der Waals surface area contributed by atoms with E-state index >= 15 is 0 Å². The summed E-state index contributed by atoms with van der Waals surface area (Å²) in [5.41, 5.74) is 7.59. The van der Waals surface area contributed by atoms with E-state index in [1.807, 2.05) is 20.8 Å². The number of nitriles is 1. The molecule has 9 heteroatoms. The number of ether oxygens (including phenoxy) is 2. The number of morpholine rings is 1. The van der Waals surface area contributed by atoms with Gasteiger partial charge < -0.3 is 20.1 Å². The molecule has 0 saturated carbocycles. The number of anilines is 1. The van der Waals surface area contributed by atoms with Crippen molar-refractivity contribution >= 4 is 5.82 Å². The Balaban J connectivity index is 1.69. The third-order valence-corrected chi connectivity index (χ3v) is 5.05. The van der Waals surface area contributed by atoms with Crippen LogP contribution in [-0.4, -0.2) is 45.2 Å². The maximum Gasteiger partial charge on any atom is 0.224 e. The lowest BCUT2D eigenvalue weighted by atomic mass is 10.1. The maximum atomic E-state index is 9.37. The number of aryl methyl sites for hydroxylation is 1. The predicted molar refractivity (Wildman–Crippen MR) is 119 cm³/mol. The van der Waals surface area contributed by atoms with E-state index in [4.69, 9.17) is 15.2 Å². The van der Waals surface area contributed by atoms with Gasteiger partial charge in [0, 0.05) is 43.7 Å². The molecule has 1 aromatic carbocycles. The summed E-state index contributed by atoms with van der Waals surface area (Å²) in [4.78, 5) is 20.0. The zero-order chi connectivity index (χ0) is 22.7. The van der Waals surface area contributed by atoms with E-state index in [1.54, 1.807) is 36.7 Å². The Hall–Kier alpha value is -3.61. The number of hydrogen-bond donors (Lipinski definition) is 1. The number of nitrogens with two attached hydrogens (primary N) is 1. The van der Waals surface area contributed by atoms with Crippen molar-refractivity contribution in [3.05, 3.63) is 53.6 Å². The first kappa shape index (κ1) is 21.6. The lowest BCUT2D eigenvalue weighted by Crippen LogP contribution is -2.45. The van der Waals surface area contributed by atoms with Crippen LogP contribution in [0.2, 0.25) is 0 Å². The zero-order valence-electron chi connectivity index (χ0n) is 18.3. The van der Waals surface area contributed by atoms with Crippen LogP contribution < -0.4 is 15.4 Å². The summed E-state index contributed by atoms with van der Waals surface area (Å²) < 4.78 is 12.0. The van der Waals surface area contributed by atoms with Gasteiger partial charge in [0.2, 0.25) is 5.88 Å². The van der Waals surface area contributed by atoms with Crippen molar-refractivity contribution in [2.75, 3.05) is 18.0 Å². The lowest BCUT2D eigenvalue weighted by molar-refractivity contribution is -0.00549. The van der Waals surface area contributed by atoms with Gasteiger partial charge in [0.15, 0.2) is 5.82 Å². The fourth-order valence-electron chi connectivity index (χ4n) is 3.68. The number of aromatic nitrogens is 4. The molecule has 2 N–H and O–H groups in total. The minimum absolute atomic E-state index is 0.103.